The molecule has 0 aliphatic rings. The number of hydrogen-bond donors (Lipinski definition) is 1. The molecule has 1 N–H and O–H groups in total. The summed E-state index contributed by atoms with van der Waals surface area (Å²) < 4.78 is 5.80. The van der Waals surface area contributed by atoms with Crippen LogP contribution in [0.25, 0.3) is 0 Å². The van der Waals surface area contributed by atoms with Gasteiger partial charge in [0, 0.05) is 12.8 Å². The fraction of sp³-hybridized carbons (Fsp3) is 0.838. The lowest BCUT2D eigenvalue weighted by Crippen LogP contribution is -2.18. The molecule has 1 unspecified atom stereocenters. The summed E-state index contributed by atoms with van der Waals surface area (Å²) in [6, 6.07) is 0. The molecule has 0 fully saturated rings. The molecule has 0 aliphatic heterocycles. The highest BCUT2D eigenvalue weighted by molar-refractivity contribution is 5.69. The van der Waals surface area contributed by atoms with Gasteiger partial charge in [0.05, 0.1) is 0 Å². The second-order valence-corrected chi connectivity index (χ2v) is 12.1. The van der Waals surface area contributed by atoms with Gasteiger partial charge in [0.2, 0.25) is 0 Å². The monoisotopic (exact) mass is 577 g/mol. The number of allylic oxidation sites excluding steroid dienone is 4. The number of carboxylic acid groups (broad SMARTS) is 1. The van der Waals surface area contributed by atoms with Crippen molar-refractivity contribution in [1.29, 1.82) is 0 Å². The maximum Gasteiger partial charge on any atom is 0.306 e. The van der Waals surface area contributed by atoms with Gasteiger partial charge in [-0.3, -0.25) is 9.59 Å². The number of esters is 1. The van der Waals surface area contributed by atoms with Crippen LogP contribution >= 0.6 is 0 Å². The van der Waals surface area contributed by atoms with E-state index in [-0.39, 0.29) is 18.5 Å². The third-order valence-electron chi connectivity index (χ3n) is 7.93. The Labute approximate surface area is 255 Å². The number of carbonyl (C=O) groups excluding carboxylic acids is 1. The third-order valence-corrected chi connectivity index (χ3v) is 7.93. The van der Waals surface area contributed by atoms with E-state index in [1.165, 1.54) is 122 Å². The van der Waals surface area contributed by atoms with Crippen molar-refractivity contribution in [2.75, 3.05) is 0 Å². The van der Waals surface area contributed by atoms with Crippen LogP contribution in [0.2, 0.25) is 0 Å². The summed E-state index contributed by atoms with van der Waals surface area (Å²) in [7, 11) is 0. The molecule has 1 atom stereocenters. The van der Waals surface area contributed by atoms with E-state index < -0.39 is 5.97 Å². The fourth-order valence-electron chi connectivity index (χ4n) is 5.28. The Balaban J connectivity index is 3.82. The Morgan fingerprint density at radius 1 is 0.537 bits per heavy atom. The summed E-state index contributed by atoms with van der Waals surface area (Å²) in [6.07, 6.45) is 40.4. The number of hydrogen-bond acceptors (Lipinski definition) is 3. The molecule has 0 bridgehead atoms. The van der Waals surface area contributed by atoms with Crippen LogP contribution < -0.4 is 0 Å². The van der Waals surface area contributed by atoms with Gasteiger partial charge in [-0.05, 0) is 64.2 Å². The Bertz CT molecular complexity index is 624. The van der Waals surface area contributed by atoms with Crippen molar-refractivity contribution in [1.82, 2.24) is 0 Å². The molecule has 4 nitrogen and oxygen atoms in total. The van der Waals surface area contributed by atoms with Crippen molar-refractivity contribution in [2.24, 2.45) is 0 Å². The van der Waals surface area contributed by atoms with E-state index in [9.17, 15) is 9.59 Å². The van der Waals surface area contributed by atoms with Gasteiger partial charge in [-0.15, -0.1) is 0 Å². The summed E-state index contributed by atoms with van der Waals surface area (Å²) in [4.78, 5) is 23.4. The molecule has 0 amide bonds. The average Bonchev–Trinajstić information content (AvgIpc) is 2.95. The van der Waals surface area contributed by atoms with E-state index in [4.69, 9.17) is 9.84 Å². The molecular weight excluding hydrogens is 508 g/mol. The fourth-order valence-corrected chi connectivity index (χ4v) is 5.28. The number of carboxylic acids is 1. The molecule has 0 saturated heterocycles. The minimum atomic E-state index is -0.772. The van der Waals surface area contributed by atoms with Gasteiger partial charge in [0.15, 0.2) is 0 Å². The summed E-state index contributed by atoms with van der Waals surface area (Å²) in [5, 5.41) is 8.98. The van der Waals surface area contributed by atoms with Crippen LogP contribution in [0.4, 0.5) is 0 Å². The van der Waals surface area contributed by atoms with Crippen LogP contribution in [-0.4, -0.2) is 23.1 Å². The van der Waals surface area contributed by atoms with Crippen molar-refractivity contribution in [3.8, 4) is 0 Å². The Kier molecular flexibility index (Phi) is 31.7. The molecular formula is C37H68O4. The molecule has 4 heteroatoms. The van der Waals surface area contributed by atoms with Gasteiger partial charge in [-0.1, -0.05) is 141 Å². The molecule has 0 aromatic carbocycles. The summed E-state index contributed by atoms with van der Waals surface area (Å²) in [6.45, 7) is 4.50. The lowest BCUT2D eigenvalue weighted by atomic mass is 10.0. The smallest absolute Gasteiger partial charge is 0.306 e. The van der Waals surface area contributed by atoms with Crippen LogP contribution in [-0.2, 0) is 14.3 Å². The minimum absolute atomic E-state index is 0.0972. The molecule has 41 heavy (non-hydrogen) atoms. The van der Waals surface area contributed by atoms with E-state index in [1.807, 2.05) is 0 Å². The largest absolute Gasteiger partial charge is 0.481 e. The highest BCUT2D eigenvalue weighted by Crippen LogP contribution is 2.18. The molecule has 0 aromatic heterocycles. The van der Waals surface area contributed by atoms with Crippen molar-refractivity contribution < 1.29 is 19.4 Å². The Morgan fingerprint density at radius 2 is 0.976 bits per heavy atom. The standard InChI is InChI=1S/C37H68O4/c1-3-5-7-9-11-13-15-16-17-18-19-20-21-23-25-27-29-34-37(40)41-35(32-30-33-36(38)39)31-28-26-24-22-14-12-10-8-6-4-2/h11,13,16-17,35H,3-10,12,14-15,18-34H2,1-2H3,(H,38,39)/b13-11-,17-16-. The number of carbonyl (C=O) groups is 2. The number of rotatable bonds is 32. The first-order chi connectivity index (χ1) is 20.1. The van der Waals surface area contributed by atoms with Crippen LogP contribution in [0.3, 0.4) is 0 Å². The lowest BCUT2D eigenvalue weighted by Gasteiger charge is -2.18. The highest BCUT2D eigenvalue weighted by atomic mass is 16.5. The molecule has 0 radical (unpaired) electrons. The third kappa shape index (κ3) is 32.8. The zero-order valence-corrected chi connectivity index (χ0v) is 27.4. The minimum Gasteiger partial charge on any atom is -0.481 e. The molecule has 0 rings (SSSR count). The van der Waals surface area contributed by atoms with E-state index in [1.54, 1.807) is 0 Å². The molecule has 240 valence electrons. The molecule has 0 heterocycles. The SMILES string of the molecule is CCCCC/C=C\C/C=C\CCCCCCCCCC(=O)OC(CCCCCCCCCCCC)CCCC(=O)O. The van der Waals surface area contributed by atoms with Crippen molar-refractivity contribution in [3.05, 3.63) is 24.3 Å². The second kappa shape index (κ2) is 32.9. The maximum absolute atomic E-state index is 12.4. The number of ether oxygens (including phenoxy) is 1. The predicted molar refractivity (Wildman–Crippen MR) is 176 cm³/mol. The number of aliphatic carboxylic acids is 1. The summed E-state index contributed by atoms with van der Waals surface area (Å²) >= 11 is 0. The van der Waals surface area contributed by atoms with E-state index in [0.29, 0.717) is 19.3 Å². The average molecular weight is 577 g/mol. The lowest BCUT2D eigenvalue weighted by molar-refractivity contribution is -0.150. The van der Waals surface area contributed by atoms with Gasteiger partial charge in [0.1, 0.15) is 6.10 Å². The molecule has 0 aromatic rings. The van der Waals surface area contributed by atoms with Crippen LogP contribution in [0, 0.1) is 0 Å². The summed E-state index contributed by atoms with van der Waals surface area (Å²) in [5.41, 5.74) is 0. The molecule has 0 aliphatic carbocycles. The normalized spacial score (nSPS) is 12.4. The van der Waals surface area contributed by atoms with Crippen LogP contribution in [0.15, 0.2) is 24.3 Å². The quantitative estimate of drug-likeness (QED) is 0.0491. The van der Waals surface area contributed by atoms with Crippen molar-refractivity contribution in [2.45, 2.75) is 200 Å². The zero-order valence-electron chi connectivity index (χ0n) is 27.4. The van der Waals surface area contributed by atoms with Gasteiger partial charge >= 0.3 is 11.9 Å². The van der Waals surface area contributed by atoms with Gasteiger partial charge in [-0.25, -0.2) is 0 Å². The van der Waals surface area contributed by atoms with Crippen molar-refractivity contribution in [3.63, 3.8) is 0 Å². The van der Waals surface area contributed by atoms with E-state index in [0.717, 1.165) is 32.1 Å². The van der Waals surface area contributed by atoms with Gasteiger partial charge in [0.25, 0.3) is 0 Å². The maximum atomic E-state index is 12.4. The first-order valence-electron chi connectivity index (χ1n) is 17.8. The molecule has 0 saturated carbocycles. The first kappa shape index (κ1) is 39.4. The number of unbranched alkanes of at least 4 members (excludes halogenated alkanes) is 19. The predicted octanol–water partition coefficient (Wildman–Crippen LogP) is 12.1. The summed E-state index contributed by atoms with van der Waals surface area (Å²) in [5.74, 6) is -0.869. The van der Waals surface area contributed by atoms with E-state index >= 15 is 0 Å². The van der Waals surface area contributed by atoms with Gasteiger partial charge in [-0.2, -0.15) is 0 Å². The topological polar surface area (TPSA) is 63.6 Å². The zero-order chi connectivity index (χ0) is 30.1. The first-order valence-corrected chi connectivity index (χ1v) is 17.8. The van der Waals surface area contributed by atoms with E-state index in [2.05, 4.69) is 38.2 Å². The highest BCUT2D eigenvalue weighted by Gasteiger charge is 2.15. The van der Waals surface area contributed by atoms with Gasteiger partial charge < -0.3 is 9.84 Å². The Hall–Kier alpha value is -1.58. The van der Waals surface area contributed by atoms with Crippen molar-refractivity contribution >= 4 is 11.9 Å². The van der Waals surface area contributed by atoms with Crippen LogP contribution in [0.5, 0.6) is 0 Å². The Morgan fingerprint density at radius 3 is 1.54 bits per heavy atom. The van der Waals surface area contributed by atoms with Crippen LogP contribution in [0.1, 0.15) is 194 Å². The molecule has 0 spiro atoms. The second-order valence-electron chi connectivity index (χ2n) is 12.1.